The molecule has 1 heterocycles. The van der Waals surface area contributed by atoms with Gasteiger partial charge in [-0.15, -0.1) is 0 Å². The van der Waals surface area contributed by atoms with Gasteiger partial charge in [0.2, 0.25) is 0 Å². The Bertz CT molecular complexity index is 835. The van der Waals surface area contributed by atoms with Gasteiger partial charge in [0.1, 0.15) is 30.0 Å². The number of benzene rings is 2. The van der Waals surface area contributed by atoms with E-state index >= 15 is 0 Å². The predicted molar refractivity (Wildman–Crippen MR) is 102 cm³/mol. The predicted octanol–water partition coefficient (Wildman–Crippen LogP) is 4.17. The van der Waals surface area contributed by atoms with Crippen LogP contribution in [0.15, 0.2) is 71.3 Å². The Labute approximate surface area is 158 Å². The van der Waals surface area contributed by atoms with Crippen LogP contribution in [0.5, 0.6) is 5.75 Å². The number of aliphatic hydroxyl groups excluding tert-OH is 1. The van der Waals surface area contributed by atoms with Gasteiger partial charge in [-0.05, 0) is 48.4 Å². The first-order chi connectivity index (χ1) is 13.1. The van der Waals surface area contributed by atoms with E-state index in [1.807, 2.05) is 54.3 Å². The average molecular weight is 369 g/mol. The topological polar surface area (TPSA) is 45.8 Å². The number of nitrogens with zero attached hydrogens (tertiary/aromatic N) is 1. The summed E-state index contributed by atoms with van der Waals surface area (Å²) in [6.07, 6.45) is 0.932. The summed E-state index contributed by atoms with van der Waals surface area (Å²) in [4.78, 5) is 2.01. The highest BCUT2D eigenvalue weighted by molar-refractivity contribution is 5.31. The number of hydrogen-bond donors (Lipinski definition) is 1. The van der Waals surface area contributed by atoms with Crippen LogP contribution in [0.1, 0.15) is 16.9 Å². The molecule has 5 heteroatoms. The van der Waals surface area contributed by atoms with Gasteiger partial charge in [0.05, 0.1) is 12.8 Å². The molecule has 0 amide bonds. The second-order valence-electron chi connectivity index (χ2n) is 6.61. The molecule has 4 nitrogen and oxygen atoms in total. The van der Waals surface area contributed by atoms with Crippen molar-refractivity contribution in [1.82, 2.24) is 4.90 Å². The molecule has 0 radical (unpaired) electrons. The maximum Gasteiger partial charge on any atom is 0.123 e. The van der Waals surface area contributed by atoms with Crippen molar-refractivity contribution in [1.29, 1.82) is 0 Å². The van der Waals surface area contributed by atoms with Crippen LogP contribution >= 0.6 is 0 Å². The van der Waals surface area contributed by atoms with E-state index in [9.17, 15) is 9.50 Å². The van der Waals surface area contributed by atoms with Crippen molar-refractivity contribution in [2.45, 2.75) is 26.1 Å². The van der Waals surface area contributed by atoms with Gasteiger partial charge in [-0.2, -0.15) is 0 Å². The van der Waals surface area contributed by atoms with Crippen LogP contribution in [0, 0.1) is 12.7 Å². The minimum absolute atomic E-state index is 0.183. The number of aryl methyl sites for hydroxylation is 1. The van der Waals surface area contributed by atoms with Crippen LogP contribution in [0.3, 0.4) is 0 Å². The maximum absolute atomic E-state index is 13.5. The molecule has 0 aliphatic heterocycles. The van der Waals surface area contributed by atoms with E-state index in [1.165, 1.54) is 12.1 Å². The summed E-state index contributed by atoms with van der Waals surface area (Å²) >= 11 is 0. The Kier molecular flexibility index (Phi) is 6.63. The van der Waals surface area contributed by atoms with E-state index in [0.717, 1.165) is 22.6 Å². The summed E-state index contributed by atoms with van der Waals surface area (Å²) in [6, 6.07) is 17.9. The lowest BCUT2D eigenvalue weighted by Crippen LogP contribution is -2.35. The zero-order chi connectivity index (χ0) is 19.1. The fourth-order valence-electron chi connectivity index (χ4n) is 2.96. The number of aliphatic hydroxyl groups is 1. The molecule has 0 bridgehead atoms. The fourth-order valence-corrected chi connectivity index (χ4v) is 2.96. The summed E-state index contributed by atoms with van der Waals surface area (Å²) in [6.45, 7) is 3.55. The first kappa shape index (κ1) is 19.1. The largest absolute Gasteiger partial charge is 0.491 e. The molecule has 0 saturated carbocycles. The lowest BCUT2D eigenvalue weighted by atomic mass is 10.2. The van der Waals surface area contributed by atoms with Crippen molar-refractivity contribution in [3.63, 3.8) is 0 Å². The number of ether oxygens (including phenoxy) is 1. The standard InChI is InChI=1S/C22H24FNO3/c1-17-6-2-3-10-22(17)27-16-20(25)14-24(15-21-9-5-11-26-21)13-18-7-4-8-19(23)12-18/h2-12,20,25H,13-16H2,1H3. The van der Waals surface area contributed by atoms with E-state index in [2.05, 4.69) is 0 Å². The van der Waals surface area contributed by atoms with E-state index in [1.54, 1.807) is 12.3 Å². The SMILES string of the molecule is Cc1ccccc1OCC(O)CN(Cc1cccc(F)c1)Cc1ccco1. The van der Waals surface area contributed by atoms with Gasteiger partial charge in [0.15, 0.2) is 0 Å². The van der Waals surface area contributed by atoms with Crippen molar-refractivity contribution in [3.8, 4) is 5.75 Å². The van der Waals surface area contributed by atoms with Crippen LogP contribution in [0.25, 0.3) is 0 Å². The zero-order valence-electron chi connectivity index (χ0n) is 15.3. The Morgan fingerprint density at radius 3 is 2.67 bits per heavy atom. The lowest BCUT2D eigenvalue weighted by Gasteiger charge is -2.24. The highest BCUT2D eigenvalue weighted by atomic mass is 19.1. The summed E-state index contributed by atoms with van der Waals surface area (Å²) in [5.41, 5.74) is 1.87. The first-order valence-corrected chi connectivity index (χ1v) is 8.96. The van der Waals surface area contributed by atoms with E-state index in [-0.39, 0.29) is 12.4 Å². The average Bonchev–Trinajstić information content (AvgIpc) is 3.14. The number of para-hydroxylation sites is 1. The molecule has 1 aromatic heterocycles. The molecule has 0 aliphatic rings. The lowest BCUT2D eigenvalue weighted by molar-refractivity contribution is 0.0602. The van der Waals surface area contributed by atoms with Gasteiger partial charge in [0, 0.05) is 13.1 Å². The second-order valence-corrected chi connectivity index (χ2v) is 6.61. The Hall–Kier alpha value is -2.63. The van der Waals surface area contributed by atoms with Crippen molar-refractivity contribution in [2.24, 2.45) is 0 Å². The normalized spacial score (nSPS) is 12.3. The van der Waals surface area contributed by atoms with Crippen molar-refractivity contribution < 1.29 is 18.7 Å². The Morgan fingerprint density at radius 1 is 1.07 bits per heavy atom. The molecule has 1 atom stereocenters. The number of furan rings is 1. The Balaban J connectivity index is 1.62. The molecule has 3 aromatic rings. The Morgan fingerprint density at radius 2 is 1.93 bits per heavy atom. The van der Waals surface area contributed by atoms with Gasteiger partial charge in [-0.1, -0.05) is 30.3 Å². The molecule has 1 unspecified atom stereocenters. The third-order valence-electron chi connectivity index (χ3n) is 4.25. The molecule has 2 aromatic carbocycles. The quantitative estimate of drug-likeness (QED) is 0.615. The molecule has 1 N–H and O–H groups in total. The van der Waals surface area contributed by atoms with Crippen molar-refractivity contribution in [3.05, 3.63) is 89.6 Å². The molecular formula is C22H24FNO3. The molecule has 0 spiro atoms. The molecule has 27 heavy (non-hydrogen) atoms. The molecule has 142 valence electrons. The van der Waals surface area contributed by atoms with Crippen LogP contribution in [0.4, 0.5) is 4.39 Å². The summed E-state index contributed by atoms with van der Waals surface area (Å²) in [7, 11) is 0. The maximum atomic E-state index is 13.5. The van der Waals surface area contributed by atoms with Crippen LogP contribution in [-0.2, 0) is 13.1 Å². The van der Waals surface area contributed by atoms with E-state index in [0.29, 0.717) is 19.6 Å². The molecule has 0 fully saturated rings. The number of hydrogen-bond acceptors (Lipinski definition) is 4. The van der Waals surface area contributed by atoms with Crippen molar-refractivity contribution in [2.75, 3.05) is 13.2 Å². The second kappa shape index (κ2) is 9.35. The number of rotatable bonds is 9. The van der Waals surface area contributed by atoms with E-state index in [4.69, 9.17) is 9.15 Å². The van der Waals surface area contributed by atoms with Crippen LogP contribution in [0.2, 0.25) is 0 Å². The van der Waals surface area contributed by atoms with Crippen molar-refractivity contribution >= 4 is 0 Å². The summed E-state index contributed by atoms with van der Waals surface area (Å²) in [5, 5.41) is 10.5. The van der Waals surface area contributed by atoms with Crippen LogP contribution in [-0.4, -0.2) is 29.3 Å². The number of halogens is 1. The fraction of sp³-hybridized carbons (Fsp3) is 0.273. The highest BCUT2D eigenvalue weighted by Crippen LogP contribution is 2.17. The molecule has 0 aliphatic carbocycles. The smallest absolute Gasteiger partial charge is 0.123 e. The highest BCUT2D eigenvalue weighted by Gasteiger charge is 2.15. The van der Waals surface area contributed by atoms with Gasteiger partial charge < -0.3 is 14.3 Å². The third-order valence-corrected chi connectivity index (χ3v) is 4.25. The molecule has 0 saturated heterocycles. The third kappa shape index (κ3) is 5.94. The summed E-state index contributed by atoms with van der Waals surface area (Å²) in [5.74, 6) is 1.28. The zero-order valence-corrected chi connectivity index (χ0v) is 15.3. The van der Waals surface area contributed by atoms with E-state index < -0.39 is 6.10 Å². The summed E-state index contributed by atoms with van der Waals surface area (Å²) < 4.78 is 24.7. The first-order valence-electron chi connectivity index (χ1n) is 8.96. The van der Waals surface area contributed by atoms with Gasteiger partial charge in [-0.25, -0.2) is 4.39 Å². The van der Waals surface area contributed by atoms with Gasteiger partial charge in [0.25, 0.3) is 0 Å². The minimum Gasteiger partial charge on any atom is -0.491 e. The molecular weight excluding hydrogens is 345 g/mol. The van der Waals surface area contributed by atoms with Crippen LogP contribution < -0.4 is 4.74 Å². The minimum atomic E-state index is -0.687. The monoisotopic (exact) mass is 369 g/mol. The molecule has 3 rings (SSSR count). The van der Waals surface area contributed by atoms with Gasteiger partial charge >= 0.3 is 0 Å². The van der Waals surface area contributed by atoms with Gasteiger partial charge in [-0.3, -0.25) is 4.90 Å².